The maximum absolute atomic E-state index is 12.3. The number of nitrogens with one attached hydrogen (secondary N) is 2. The van der Waals surface area contributed by atoms with Crippen LogP contribution >= 0.6 is 0 Å². The number of aryl methyl sites for hydroxylation is 1. The molecule has 2 aromatic carbocycles. The van der Waals surface area contributed by atoms with Crippen molar-refractivity contribution in [3.8, 4) is 11.5 Å². The highest BCUT2D eigenvalue weighted by atomic mass is 16.7. The van der Waals surface area contributed by atoms with E-state index in [2.05, 4.69) is 17.6 Å². The lowest BCUT2D eigenvalue weighted by atomic mass is 10.1. The van der Waals surface area contributed by atoms with Crippen LogP contribution in [0.2, 0.25) is 0 Å². The van der Waals surface area contributed by atoms with E-state index in [0.29, 0.717) is 6.54 Å². The van der Waals surface area contributed by atoms with Crippen molar-refractivity contribution in [2.45, 2.75) is 32.9 Å². The van der Waals surface area contributed by atoms with Gasteiger partial charge in [-0.05, 0) is 48.7 Å². The van der Waals surface area contributed by atoms with E-state index in [9.17, 15) is 4.79 Å². The topological polar surface area (TPSA) is 59.6 Å². The minimum Gasteiger partial charge on any atom is -0.454 e. The standard InChI is InChI=1S/C19H22N2O3/c1-3-14-4-7-16(8-5-14)21-19(22)13(2)20-11-15-6-9-17-18(10-15)24-12-23-17/h4-10,13,20H,3,11-12H2,1-2H3,(H,21,22). The van der Waals surface area contributed by atoms with Gasteiger partial charge in [0.2, 0.25) is 12.7 Å². The maximum atomic E-state index is 12.3. The summed E-state index contributed by atoms with van der Waals surface area (Å²) in [7, 11) is 0. The van der Waals surface area contributed by atoms with Crippen molar-refractivity contribution in [3.63, 3.8) is 0 Å². The predicted molar refractivity (Wildman–Crippen MR) is 93.3 cm³/mol. The largest absolute Gasteiger partial charge is 0.454 e. The number of carbonyl (C=O) groups is 1. The Morgan fingerprint density at radius 1 is 1.08 bits per heavy atom. The number of benzene rings is 2. The third kappa shape index (κ3) is 3.86. The molecule has 0 aliphatic carbocycles. The monoisotopic (exact) mass is 326 g/mol. The summed E-state index contributed by atoms with van der Waals surface area (Å²) >= 11 is 0. The van der Waals surface area contributed by atoms with Crippen molar-refractivity contribution in [3.05, 3.63) is 53.6 Å². The van der Waals surface area contributed by atoms with E-state index in [1.54, 1.807) is 0 Å². The van der Waals surface area contributed by atoms with Crippen LogP contribution in [0.15, 0.2) is 42.5 Å². The lowest BCUT2D eigenvalue weighted by Crippen LogP contribution is -2.37. The van der Waals surface area contributed by atoms with Crippen molar-refractivity contribution in [2.24, 2.45) is 0 Å². The molecule has 24 heavy (non-hydrogen) atoms. The zero-order valence-electron chi connectivity index (χ0n) is 14.0. The number of amides is 1. The Hall–Kier alpha value is -2.53. The van der Waals surface area contributed by atoms with Crippen LogP contribution < -0.4 is 20.1 Å². The Labute approximate surface area is 142 Å². The van der Waals surface area contributed by atoms with Gasteiger partial charge >= 0.3 is 0 Å². The first-order valence-electron chi connectivity index (χ1n) is 8.17. The molecule has 0 saturated carbocycles. The summed E-state index contributed by atoms with van der Waals surface area (Å²) in [5.74, 6) is 1.46. The normalized spacial score (nSPS) is 13.6. The first-order chi connectivity index (χ1) is 11.7. The number of anilines is 1. The lowest BCUT2D eigenvalue weighted by Gasteiger charge is -2.14. The molecule has 0 aromatic heterocycles. The zero-order valence-corrected chi connectivity index (χ0v) is 14.0. The maximum Gasteiger partial charge on any atom is 0.241 e. The Bertz CT molecular complexity index is 713. The highest BCUT2D eigenvalue weighted by Gasteiger charge is 2.15. The Morgan fingerprint density at radius 3 is 2.54 bits per heavy atom. The van der Waals surface area contributed by atoms with Gasteiger partial charge in [-0.15, -0.1) is 0 Å². The molecular weight excluding hydrogens is 304 g/mol. The SMILES string of the molecule is CCc1ccc(NC(=O)C(C)NCc2ccc3c(c2)OCO3)cc1. The molecule has 1 heterocycles. The van der Waals surface area contributed by atoms with Crippen LogP contribution in [0.3, 0.4) is 0 Å². The number of rotatable bonds is 6. The van der Waals surface area contributed by atoms with Gasteiger partial charge in [0.1, 0.15) is 0 Å². The lowest BCUT2D eigenvalue weighted by molar-refractivity contribution is -0.117. The molecule has 3 rings (SSSR count). The van der Waals surface area contributed by atoms with Crippen molar-refractivity contribution in [2.75, 3.05) is 12.1 Å². The van der Waals surface area contributed by atoms with Crippen LogP contribution in [-0.2, 0) is 17.8 Å². The molecule has 1 atom stereocenters. The highest BCUT2D eigenvalue weighted by molar-refractivity contribution is 5.94. The number of fused-ring (bicyclic) bond motifs is 1. The number of hydrogen-bond donors (Lipinski definition) is 2. The third-order valence-corrected chi connectivity index (χ3v) is 4.07. The van der Waals surface area contributed by atoms with E-state index in [4.69, 9.17) is 9.47 Å². The minimum absolute atomic E-state index is 0.0556. The van der Waals surface area contributed by atoms with Gasteiger partial charge < -0.3 is 20.1 Å². The van der Waals surface area contributed by atoms with Crippen LogP contribution in [-0.4, -0.2) is 18.7 Å². The van der Waals surface area contributed by atoms with Gasteiger partial charge in [-0.2, -0.15) is 0 Å². The molecule has 0 bridgehead atoms. The molecule has 5 heteroatoms. The van der Waals surface area contributed by atoms with Crippen molar-refractivity contribution >= 4 is 11.6 Å². The summed E-state index contributed by atoms with van der Waals surface area (Å²) in [6.07, 6.45) is 0.988. The fraction of sp³-hybridized carbons (Fsp3) is 0.316. The van der Waals surface area contributed by atoms with Crippen LogP contribution in [0.4, 0.5) is 5.69 Å². The molecule has 0 fully saturated rings. The predicted octanol–water partition coefficient (Wildman–Crippen LogP) is 3.09. The number of ether oxygens (including phenoxy) is 2. The van der Waals surface area contributed by atoms with E-state index < -0.39 is 0 Å². The quantitative estimate of drug-likeness (QED) is 0.856. The van der Waals surface area contributed by atoms with Gasteiger partial charge in [0, 0.05) is 12.2 Å². The van der Waals surface area contributed by atoms with Crippen molar-refractivity contribution in [1.82, 2.24) is 5.32 Å². The molecular formula is C19H22N2O3. The molecule has 1 aliphatic heterocycles. The first kappa shape index (κ1) is 16.3. The van der Waals surface area contributed by atoms with Gasteiger partial charge in [-0.1, -0.05) is 25.1 Å². The summed E-state index contributed by atoms with van der Waals surface area (Å²) in [5.41, 5.74) is 3.11. The summed E-state index contributed by atoms with van der Waals surface area (Å²) in [4.78, 5) is 12.3. The minimum atomic E-state index is -0.304. The number of hydrogen-bond acceptors (Lipinski definition) is 4. The Balaban J connectivity index is 1.52. The Morgan fingerprint density at radius 2 is 1.79 bits per heavy atom. The van der Waals surface area contributed by atoms with Crippen LogP contribution in [0.1, 0.15) is 25.0 Å². The molecule has 126 valence electrons. The van der Waals surface area contributed by atoms with Crippen molar-refractivity contribution in [1.29, 1.82) is 0 Å². The van der Waals surface area contributed by atoms with E-state index in [1.165, 1.54) is 5.56 Å². The highest BCUT2D eigenvalue weighted by Crippen LogP contribution is 2.32. The van der Waals surface area contributed by atoms with Gasteiger partial charge in [0.05, 0.1) is 6.04 Å². The van der Waals surface area contributed by atoms with E-state index in [1.807, 2.05) is 49.4 Å². The smallest absolute Gasteiger partial charge is 0.241 e. The average molecular weight is 326 g/mol. The summed E-state index contributed by atoms with van der Waals surface area (Å²) in [5, 5.41) is 6.15. The van der Waals surface area contributed by atoms with Crippen LogP contribution in [0.5, 0.6) is 11.5 Å². The molecule has 5 nitrogen and oxygen atoms in total. The molecule has 1 aliphatic rings. The second-order valence-corrected chi connectivity index (χ2v) is 5.83. The van der Waals surface area contributed by atoms with Gasteiger partial charge in [-0.3, -0.25) is 4.79 Å². The molecule has 0 spiro atoms. The third-order valence-electron chi connectivity index (χ3n) is 4.07. The van der Waals surface area contributed by atoms with Gasteiger partial charge in [-0.25, -0.2) is 0 Å². The fourth-order valence-electron chi connectivity index (χ4n) is 2.49. The van der Waals surface area contributed by atoms with Crippen molar-refractivity contribution < 1.29 is 14.3 Å². The molecule has 2 aromatic rings. The summed E-state index contributed by atoms with van der Waals surface area (Å²) in [6.45, 7) is 4.81. The Kier molecular flexibility index (Phi) is 5.01. The van der Waals surface area contributed by atoms with Crippen LogP contribution in [0.25, 0.3) is 0 Å². The first-order valence-corrected chi connectivity index (χ1v) is 8.17. The molecule has 1 amide bonds. The zero-order chi connectivity index (χ0) is 16.9. The van der Waals surface area contributed by atoms with E-state index in [-0.39, 0.29) is 18.7 Å². The van der Waals surface area contributed by atoms with E-state index >= 15 is 0 Å². The average Bonchev–Trinajstić information content (AvgIpc) is 3.08. The summed E-state index contributed by atoms with van der Waals surface area (Å²) < 4.78 is 10.7. The summed E-state index contributed by atoms with van der Waals surface area (Å²) in [6, 6.07) is 13.4. The molecule has 0 saturated heterocycles. The second kappa shape index (κ2) is 7.36. The van der Waals surface area contributed by atoms with Crippen LogP contribution in [0, 0.1) is 0 Å². The second-order valence-electron chi connectivity index (χ2n) is 5.83. The molecule has 1 unspecified atom stereocenters. The molecule has 2 N–H and O–H groups in total. The van der Waals surface area contributed by atoms with Gasteiger partial charge in [0.25, 0.3) is 0 Å². The fourth-order valence-corrected chi connectivity index (χ4v) is 2.49. The van der Waals surface area contributed by atoms with E-state index in [0.717, 1.165) is 29.2 Å². The number of carbonyl (C=O) groups excluding carboxylic acids is 1. The van der Waals surface area contributed by atoms with Gasteiger partial charge in [0.15, 0.2) is 11.5 Å². The molecule has 0 radical (unpaired) electrons.